The van der Waals surface area contributed by atoms with Gasteiger partial charge in [0.15, 0.2) is 5.82 Å². The summed E-state index contributed by atoms with van der Waals surface area (Å²) in [5.41, 5.74) is 6.61. The predicted octanol–water partition coefficient (Wildman–Crippen LogP) is 0.294. The summed E-state index contributed by atoms with van der Waals surface area (Å²) in [6, 6.07) is 7.39. The van der Waals surface area contributed by atoms with Gasteiger partial charge < -0.3 is 16.0 Å². The molecule has 0 spiro atoms. The number of rotatable bonds is 3. The van der Waals surface area contributed by atoms with Crippen LogP contribution < -0.4 is 16.6 Å². The number of aromatic amines is 1. The molecule has 2 aromatic rings. The topological polar surface area (TPSA) is 83.8 Å². The highest BCUT2D eigenvalue weighted by atomic mass is 16.1. The molecular formula is C10H12N4O. The van der Waals surface area contributed by atoms with Gasteiger partial charge in [-0.05, 0) is 12.1 Å². The van der Waals surface area contributed by atoms with E-state index in [2.05, 4.69) is 15.3 Å². The van der Waals surface area contributed by atoms with E-state index in [1.807, 2.05) is 24.3 Å². The van der Waals surface area contributed by atoms with Gasteiger partial charge in [0, 0.05) is 13.1 Å². The van der Waals surface area contributed by atoms with Gasteiger partial charge in [-0.3, -0.25) is 4.79 Å². The average Bonchev–Trinajstić information content (AvgIpc) is 2.26. The first-order valence-electron chi connectivity index (χ1n) is 4.74. The molecule has 0 unspecified atom stereocenters. The van der Waals surface area contributed by atoms with Crippen LogP contribution >= 0.6 is 0 Å². The molecule has 0 amide bonds. The highest BCUT2D eigenvalue weighted by Gasteiger charge is 2.02. The fourth-order valence-electron chi connectivity index (χ4n) is 1.34. The smallest absolute Gasteiger partial charge is 0.291 e. The Morgan fingerprint density at radius 2 is 2.20 bits per heavy atom. The first-order chi connectivity index (χ1) is 7.31. The van der Waals surface area contributed by atoms with Crippen LogP contribution in [0.25, 0.3) is 11.0 Å². The van der Waals surface area contributed by atoms with E-state index in [1.165, 1.54) is 0 Å². The number of aromatic nitrogens is 2. The van der Waals surface area contributed by atoms with Gasteiger partial charge in [-0.15, -0.1) is 0 Å². The average molecular weight is 204 g/mol. The van der Waals surface area contributed by atoms with Gasteiger partial charge >= 0.3 is 0 Å². The number of fused-ring (bicyclic) bond motifs is 1. The molecule has 1 aromatic heterocycles. The van der Waals surface area contributed by atoms with Gasteiger partial charge in [0.25, 0.3) is 5.56 Å². The second-order valence-corrected chi connectivity index (χ2v) is 3.15. The molecule has 4 N–H and O–H groups in total. The molecule has 0 radical (unpaired) electrons. The minimum absolute atomic E-state index is 0.220. The van der Waals surface area contributed by atoms with E-state index in [-0.39, 0.29) is 5.56 Å². The highest BCUT2D eigenvalue weighted by Crippen LogP contribution is 2.07. The Balaban J connectivity index is 2.48. The number of hydrogen-bond acceptors (Lipinski definition) is 4. The number of benzene rings is 1. The Hall–Kier alpha value is -1.88. The summed E-state index contributed by atoms with van der Waals surface area (Å²) in [6.45, 7) is 1.00. The third-order valence-corrected chi connectivity index (χ3v) is 2.04. The van der Waals surface area contributed by atoms with Gasteiger partial charge in [-0.1, -0.05) is 12.1 Å². The zero-order valence-electron chi connectivity index (χ0n) is 8.16. The van der Waals surface area contributed by atoms with E-state index in [0.29, 0.717) is 18.9 Å². The van der Waals surface area contributed by atoms with E-state index in [4.69, 9.17) is 5.73 Å². The van der Waals surface area contributed by atoms with Crippen LogP contribution in [0.5, 0.6) is 0 Å². The maximum Gasteiger partial charge on any atom is 0.291 e. The second-order valence-electron chi connectivity index (χ2n) is 3.15. The lowest BCUT2D eigenvalue weighted by atomic mass is 10.3. The van der Waals surface area contributed by atoms with Gasteiger partial charge in [-0.25, -0.2) is 4.98 Å². The predicted molar refractivity (Wildman–Crippen MR) is 59.9 cm³/mol. The number of para-hydroxylation sites is 2. The summed E-state index contributed by atoms with van der Waals surface area (Å²) < 4.78 is 0. The quantitative estimate of drug-likeness (QED) is 0.671. The highest BCUT2D eigenvalue weighted by molar-refractivity contribution is 5.75. The van der Waals surface area contributed by atoms with Crippen molar-refractivity contribution in [2.24, 2.45) is 5.73 Å². The summed E-state index contributed by atoms with van der Waals surface area (Å²) >= 11 is 0. The Kier molecular flexibility index (Phi) is 2.64. The van der Waals surface area contributed by atoms with E-state index in [1.54, 1.807) is 0 Å². The summed E-state index contributed by atoms with van der Waals surface area (Å²) in [6.07, 6.45) is 0. The van der Waals surface area contributed by atoms with E-state index >= 15 is 0 Å². The fraction of sp³-hybridized carbons (Fsp3) is 0.200. The molecule has 0 aliphatic carbocycles. The maximum atomic E-state index is 11.5. The van der Waals surface area contributed by atoms with Crippen LogP contribution in [0.15, 0.2) is 29.1 Å². The van der Waals surface area contributed by atoms with Crippen LogP contribution in [0, 0.1) is 0 Å². The minimum atomic E-state index is -0.220. The van der Waals surface area contributed by atoms with Crippen LogP contribution in [0.3, 0.4) is 0 Å². The zero-order chi connectivity index (χ0) is 10.7. The van der Waals surface area contributed by atoms with Crippen LogP contribution in [0.1, 0.15) is 0 Å². The Labute approximate surface area is 86.3 Å². The van der Waals surface area contributed by atoms with Crippen molar-refractivity contribution in [3.05, 3.63) is 34.6 Å². The molecule has 0 bridgehead atoms. The van der Waals surface area contributed by atoms with Crippen molar-refractivity contribution in [3.63, 3.8) is 0 Å². The second kappa shape index (κ2) is 4.10. The molecular weight excluding hydrogens is 192 g/mol. The Morgan fingerprint density at radius 3 is 3.00 bits per heavy atom. The summed E-state index contributed by atoms with van der Waals surface area (Å²) in [4.78, 5) is 18.5. The Morgan fingerprint density at radius 1 is 1.40 bits per heavy atom. The van der Waals surface area contributed by atoms with Crippen LogP contribution in [0.4, 0.5) is 5.82 Å². The molecule has 0 aliphatic rings. The van der Waals surface area contributed by atoms with E-state index < -0.39 is 0 Å². The maximum absolute atomic E-state index is 11.5. The van der Waals surface area contributed by atoms with Crippen molar-refractivity contribution in [3.8, 4) is 0 Å². The normalized spacial score (nSPS) is 10.5. The van der Waals surface area contributed by atoms with Gasteiger partial charge in [-0.2, -0.15) is 0 Å². The molecule has 15 heavy (non-hydrogen) atoms. The lowest BCUT2D eigenvalue weighted by Crippen LogP contribution is -2.21. The van der Waals surface area contributed by atoms with Crippen LogP contribution in [0.2, 0.25) is 0 Å². The zero-order valence-corrected chi connectivity index (χ0v) is 8.16. The van der Waals surface area contributed by atoms with Gasteiger partial charge in [0.2, 0.25) is 0 Å². The molecule has 0 saturated heterocycles. The number of nitrogens with zero attached hydrogens (tertiary/aromatic N) is 1. The van der Waals surface area contributed by atoms with Gasteiger partial charge in [0.1, 0.15) is 0 Å². The van der Waals surface area contributed by atoms with Gasteiger partial charge in [0.05, 0.1) is 11.0 Å². The molecule has 0 fully saturated rings. The molecule has 1 aromatic carbocycles. The van der Waals surface area contributed by atoms with Crippen molar-refractivity contribution in [1.82, 2.24) is 9.97 Å². The van der Waals surface area contributed by atoms with Crippen molar-refractivity contribution in [1.29, 1.82) is 0 Å². The number of H-pyrrole nitrogens is 1. The van der Waals surface area contributed by atoms with Crippen molar-refractivity contribution in [2.75, 3.05) is 18.4 Å². The molecule has 1 heterocycles. The molecule has 78 valence electrons. The first-order valence-corrected chi connectivity index (χ1v) is 4.74. The number of nitrogens with two attached hydrogens (primary N) is 1. The Bertz CT molecular complexity index is 520. The molecule has 0 aliphatic heterocycles. The molecule has 2 rings (SSSR count). The standard InChI is InChI=1S/C10H12N4O/c11-5-6-12-9-10(15)14-8-4-2-1-3-7(8)13-9/h1-4H,5-6,11H2,(H,12,13)(H,14,15). The molecule has 5 heteroatoms. The monoisotopic (exact) mass is 204 g/mol. The molecule has 0 saturated carbocycles. The van der Waals surface area contributed by atoms with Crippen molar-refractivity contribution < 1.29 is 0 Å². The lowest BCUT2D eigenvalue weighted by Gasteiger charge is -2.03. The first kappa shape index (κ1) is 9.67. The number of nitrogens with one attached hydrogen (secondary N) is 2. The third kappa shape index (κ3) is 1.97. The molecule has 5 nitrogen and oxygen atoms in total. The minimum Gasteiger partial charge on any atom is -0.364 e. The van der Waals surface area contributed by atoms with E-state index in [9.17, 15) is 4.79 Å². The van der Waals surface area contributed by atoms with Crippen LogP contribution in [-0.4, -0.2) is 23.1 Å². The number of hydrogen-bond donors (Lipinski definition) is 3. The fourth-order valence-corrected chi connectivity index (χ4v) is 1.34. The van der Waals surface area contributed by atoms with Crippen LogP contribution in [-0.2, 0) is 0 Å². The summed E-state index contributed by atoms with van der Waals surface area (Å²) in [5, 5.41) is 2.87. The summed E-state index contributed by atoms with van der Waals surface area (Å²) in [5.74, 6) is 0.319. The lowest BCUT2D eigenvalue weighted by molar-refractivity contribution is 1.00. The number of anilines is 1. The summed E-state index contributed by atoms with van der Waals surface area (Å²) in [7, 11) is 0. The largest absolute Gasteiger partial charge is 0.364 e. The van der Waals surface area contributed by atoms with Crippen molar-refractivity contribution in [2.45, 2.75) is 0 Å². The third-order valence-electron chi connectivity index (χ3n) is 2.04. The van der Waals surface area contributed by atoms with Crippen molar-refractivity contribution >= 4 is 16.9 Å². The molecule has 0 atom stereocenters. The van der Waals surface area contributed by atoms with E-state index in [0.717, 1.165) is 11.0 Å². The SMILES string of the molecule is NCCNc1nc2ccccc2[nH]c1=O.